The Kier molecular flexibility index (Phi) is 6.99. The molecule has 0 bridgehead atoms. The topological polar surface area (TPSA) is 101 Å². The van der Waals surface area contributed by atoms with Gasteiger partial charge in [0.25, 0.3) is 0 Å². The second-order valence-corrected chi connectivity index (χ2v) is 9.09. The van der Waals surface area contributed by atoms with Crippen LogP contribution in [0.2, 0.25) is 5.02 Å². The fourth-order valence-electron chi connectivity index (χ4n) is 3.58. The molecule has 0 saturated carbocycles. The number of hydrogen-bond donors (Lipinski definition) is 3. The first-order chi connectivity index (χ1) is 15.7. The van der Waals surface area contributed by atoms with E-state index >= 15 is 0 Å². The van der Waals surface area contributed by atoms with Crippen LogP contribution in [0.1, 0.15) is 11.7 Å². The molecule has 3 N–H and O–H groups in total. The Hall–Kier alpha value is -2.15. The van der Waals surface area contributed by atoms with E-state index in [1.165, 1.54) is 23.3 Å². The van der Waals surface area contributed by atoms with Crippen LogP contribution in [0, 0.1) is 24.4 Å². The first-order valence-electron chi connectivity index (χ1n) is 9.80. The van der Waals surface area contributed by atoms with Gasteiger partial charge in [-0.3, -0.25) is 9.67 Å². The molecule has 4 rings (SSSR count). The molecule has 5 atom stereocenters. The van der Waals surface area contributed by atoms with Gasteiger partial charge in [0.15, 0.2) is 17.5 Å². The smallest absolute Gasteiger partial charge is 0.194 e. The average Bonchev–Trinajstić information content (AvgIpc) is 3.26. The summed E-state index contributed by atoms with van der Waals surface area (Å²) in [5, 5.41) is 36.0. The number of pyridine rings is 1. The lowest BCUT2D eigenvalue weighted by molar-refractivity contribution is -0.178. The van der Waals surface area contributed by atoms with E-state index in [0.717, 1.165) is 23.9 Å². The summed E-state index contributed by atoms with van der Waals surface area (Å²) < 4.78 is 47.5. The van der Waals surface area contributed by atoms with E-state index in [9.17, 15) is 28.5 Å². The van der Waals surface area contributed by atoms with Gasteiger partial charge in [0.2, 0.25) is 0 Å². The zero-order valence-corrected chi connectivity index (χ0v) is 18.6. The molecular formula is C21H19ClF3N3O4S. The molecule has 3 aromatic rings. The van der Waals surface area contributed by atoms with Crippen LogP contribution in [-0.4, -0.2) is 60.4 Å². The Bertz CT molecular complexity index is 1140. The van der Waals surface area contributed by atoms with E-state index in [2.05, 4.69) is 10.1 Å². The molecule has 3 heterocycles. The van der Waals surface area contributed by atoms with E-state index in [0.29, 0.717) is 15.6 Å². The molecule has 0 aliphatic carbocycles. The van der Waals surface area contributed by atoms with Crippen LogP contribution in [-0.2, 0) is 4.74 Å². The van der Waals surface area contributed by atoms with Crippen molar-refractivity contribution in [1.29, 1.82) is 0 Å². The number of ether oxygens (including phenoxy) is 1. The third kappa shape index (κ3) is 4.75. The highest BCUT2D eigenvalue weighted by Crippen LogP contribution is 2.39. The summed E-state index contributed by atoms with van der Waals surface area (Å²) >= 11 is 7.14. The van der Waals surface area contributed by atoms with Crippen LogP contribution in [0.3, 0.4) is 0 Å². The van der Waals surface area contributed by atoms with Crippen LogP contribution >= 0.6 is 23.4 Å². The Balaban J connectivity index is 1.65. The molecule has 1 saturated heterocycles. The molecule has 7 nitrogen and oxygen atoms in total. The van der Waals surface area contributed by atoms with Crippen molar-refractivity contribution < 1.29 is 33.2 Å². The lowest BCUT2D eigenvalue weighted by Crippen LogP contribution is -2.55. The number of aliphatic hydroxyl groups is 3. The minimum atomic E-state index is -1.59. The highest BCUT2D eigenvalue weighted by molar-refractivity contribution is 7.99. The van der Waals surface area contributed by atoms with E-state index < -0.39 is 53.8 Å². The van der Waals surface area contributed by atoms with Crippen LogP contribution in [0.15, 0.2) is 41.7 Å². The predicted octanol–water partition coefficient (Wildman–Crippen LogP) is 3.10. The van der Waals surface area contributed by atoms with E-state index in [4.69, 9.17) is 16.3 Å². The summed E-state index contributed by atoms with van der Waals surface area (Å²) in [4.78, 5) is 4.80. The first kappa shape index (κ1) is 24.0. The van der Waals surface area contributed by atoms with Gasteiger partial charge in [-0.1, -0.05) is 23.4 Å². The predicted molar refractivity (Wildman–Crippen MR) is 114 cm³/mol. The highest BCUT2D eigenvalue weighted by atomic mass is 35.5. The summed E-state index contributed by atoms with van der Waals surface area (Å²) in [6.07, 6.45) is 0.403. The van der Waals surface area contributed by atoms with Gasteiger partial charge >= 0.3 is 0 Å². The van der Waals surface area contributed by atoms with Crippen LogP contribution in [0.25, 0.3) is 11.1 Å². The first-order valence-corrected chi connectivity index (χ1v) is 11.1. The van der Waals surface area contributed by atoms with Crippen LogP contribution < -0.4 is 0 Å². The number of thioether (sulfide) groups is 1. The molecule has 1 fully saturated rings. The molecule has 12 heteroatoms. The van der Waals surface area contributed by atoms with Crippen molar-refractivity contribution in [1.82, 2.24) is 14.8 Å². The van der Waals surface area contributed by atoms with Gasteiger partial charge in [-0.15, -0.1) is 0 Å². The van der Waals surface area contributed by atoms with Gasteiger partial charge in [0, 0.05) is 22.9 Å². The molecule has 0 spiro atoms. The minimum Gasteiger partial charge on any atom is -0.394 e. The molecule has 33 heavy (non-hydrogen) atoms. The highest BCUT2D eigenvalue weighted by Gasteiger charge is 2.46. The van der Waals surface area contributed by atoms with E-state index in [-0.39, 0.29) is 11.1 Å². The van der Waals surface area contributed by atoms with Crippen molar-refractivity contribution in [3.63, 3.8) is 0 Å². The summed E-state index contributed by atoms with van der Waals surface area (Å²) in [5.41, 5.74) is -0.0229. The normalized spacial score (nSPS) is 25.4. The van der Waals surface area contributed by atoms with Gasteiger partial charge in [0.05, 0.1) is 23.5 Å². The minimum absolute atomic E-state index is 0.0268. The maximum Gasteiger partial charge on any atom is 0.194 e. The average molecular weight is 502 g/mol. The second kappa shape index (κ2) is 9.61. The van der Waals surface area contributed by atoms with Gasteiger partial charge in [-0.25, -0.2) is 13.2 Å². The number of aryl methyl sites for hydroxylation is 1. The van der Waals surface area contributed by atoms with Crippen LogP contribution in [0.4, 0.5) is 13.2 Å². The quantitative estimate of drug-likeness (QED) is 0.462. The van der Waals surface area contributed by atoms with Crippen molar-refractivity contribution in [2.75, 3.05) is 6.61 Å². The fourth-order valence-corrected chi connectivity index (χ4v) is 4.97. The fraction of sp³-hybridized carbons (Fsp3) is 0.333. The molecule has 0 unspecified atom stereocenters. The molecule has 0 radical (unpaired) electrons. The lowest BCUT2D eigenvalue weighted by atomic mass is 9.97. The largest absolute Gasteiger partial charge is 0.394 e. The Morgan fingerprint density at radius 2 is 1.79 bits per heavy atom. The number of hydrogen-bond acceptors (Lipinski definition) is 7. The molecule has 0 amide bonds. The van der Waals surface area contributed by atoms with E-state index in [1.54, 1.807) is 13.0 Å². The Morgan fingerprint density at radius 3 is 2.45 bits per heavy atom. The number of halogens is 4. The molecule has 1 aliphatic heterocycles. The van der Waals surface area contributed by atoms with Crippen molar-refractivity contribution in [3.8, 4) is 11.1 Å². The van der Waals surface area contributed by atoms with Gasteiger partial charge in [0.1, 0.15) is 29.8 Å². The number of aromatic nitrogens is 3. The van der Waals surface area contributed by atoms with Crippen LogP contribution in [0.5, 0.6) is 0 Å². The SMILES string of the molecule is Cc1ncc(Cl)cc1S[C@H]1O[C@H](CO)[C@H](O)[C@H](n2cc(-c3cc(F)c(F)c(F)c3)cn2)[C@H]1O. The Labute approximate surface area is 195 Å². The van der Waals surface area contributed by atoms with Crippen molar-refractivity contribution in [2.24, 2.45) is 0 Å². The van der Waals surface area contributed by atoms with Gasteiger partial charge < -0.3 is 20.1 Å². The van der Waals surface area contributed by atoms with Crippen molar-refractivity contribution in [3.05, 3.63) is 65.0 Å². The van der Waals surface area contributed by atoms with E-state index in [1.807, 2.05) is 0 Å². The molecule has 1 aliphatic rings. The molecule has 176 valence electrons. The monoisotopic (exact) mass is 501 g/mol. The number of nitrogens with zero attached hydrogens (tertiary/aromatic N) is 3. The third-order valence-corrected chi connectivity index (χ3v) is 6.82. The number of aliphatic hydroxyl groups excluding tert-OH is 3. The standard InChI is InChI=1S/C21H19ClF3N3O4S/c1-9-16(4-12(22)6-26-9)33-21-20(31)18(19(30)15(8-29)32-21)28-7-11(5-27-28)10-2-13(23)17(25)14(24)3-10/h2-7,15,18-21,29-31H,8H2,1H3/t15-,18+,19+,20-,21-/m1/s1. The maximum absolute atomic E-state index is 13.6. The third-order valence-electron chi connectivity index (χ3n) is 5.32. The second-order valence-electron chi connectivity index (χ2n) is 7.52. The summed E-state index contributed by atoms with van der Waals surface area (Å²) in [6.45, 7) is 1.22. The number of rotatable bonds is 5. The zero-order chi connectivity index (χ0) is 23.9. The van der Waals surface area contributed by atoms with Crippen molar-refractivity contribution >= 4 is 23.4 Å². The zero-order valence-electron chi connectivity index (χ0n) is 17.1. The summed E-state index contributed by atoms with van der Waals surface area (Å²) in [5.74, 6) is -4.30. The summed E-state index contributed by atoms with van der Waals surface area (Å²) in [7, 11) is 0. The van der Waals surface area contributed by atoms with Gasteiger partial charge in [-0.05, 0) is 30.7 Å². The van der Waals surface area contributed by atoms with Gasteiger partial charge in [-0.2, -0.15) is 5.10 Å². The maximum atomic E-state index is 13.6. The Morgan fingerprint density at radius 1 is 1.09 bits per heavy atom. The van der Waals surface area contributed by atoms with Crippen molar-refractivity contribution in [2.45, 2.75) is 41.6 Å². The molecule has 1 aromatic carbocycles. The number of benzene rings is 1. The summed E-state index contributed by atoms with van der Waals surface area (Å²) in [6, 6.07) is 2.23. The lowest BCUT2D eigenvalue weighted by Gasteiger charge is -2.42. The molecular weight excluding hydrogens is 483 g/mol. The molecule has 2 aromatic heterocycles.